The van der Waals surface area contributed by atoms with Gasteiger partial charge in [0.05, 0.1) is 6.04 Å². The lowest BCUT2D eigenvalue weighted by Gasteiger charge is -2.34. The van der Waals surface area contributed by atoms with Gasteiger partial charge in [0.15, 0.2) is 0 Å². The predicted molar refractivity (Wildman–Crippen MR) is 74.5 cm³/mol. The summed E-state index contributed by atoms with van der Waals surface area (Å²) in [5, 5.41) is 3.40. The molecule has 18 heavy (non-hydrogen) atoms. The van der Waals surface area contributed by atoms with Crippen molar-refractivity contribution in [1.29, 1.82) is 0 Å². The third kappa shape index (κ3) is 2.18. The number of nitrogens with one attached hydrogen (secondary N) is 1. The Labute approximate surface area is 109 Å². The van der Waals surface area contributed by atoms with Gasteiger partial charge >= 0.3 is 0 Å². The molecule has 2 aromatic rings. The molecule has 1 aromatic heterocycles. The standard InChI is InChI=1S/C15H21N3/c1-15(2,12-8-6-5-7-9-12)13(16-3)14-17-10-11-18(14)4/h5-11,13,16H,1-4H3. The first-order valence-corrected chi connectivity index (χ1v) is 6.27. The van der Waals surface area contributed by atoms with Crippen LogP contribution in [0.25, 0.3) is 0 Å². The Kier molecular flexibility index (Phi) is 3.53. The van der Waals surface area contributed by atoms with Crippen LogP contribution in [0.5, 0.6) is 0 Å². The van der Waals surface area contributed by atoms with Crippen molar-refractivity contribution in [2.75, 3.05) is 7.05 Å². The van der Waals surface area contributed by atoms with E-state index < -0.39 is 0 Å². The van der Waals surface area contributed by atoms with Gasteiger partial charge in [-0.2, -0.15) is 0 Å². The SMILES string of the molecule is CNC(c1nccn1C)C(C)(C)c1ccccc1. The highest BCUT2D eigenvalue weighted by Gasteiger charge is 2.33. The first-order valence-electron chi connectivity index (χ1n) is 6.27. The molecule has 3 nitrogen and oxygen atoms in total. The maximum absolute atomic E-state index is 4.48. The summed E-state index contributed by atoms with van der Waals surface area (Å²) in [7, 11) is 4.03. The van der Waals surface area contributed by atoms with Gasteiger partial charge in [-0.1, -0.05) is 44.2 Å². The van der Waals surface area contributed by atoms with Crippen molar-refractivity contribution in [3.05, 3.63) is 54.1 Å². The summed E-state index contributed by atoms with van der Waals surface area (Å²) in [6, 6.07) is 10.7. The van der Waals surface area contributed by atoms with E-state index in [1.54, 1.807) is 0 Å². The van der Waals surface area contributed by atoms with E-state index in [-0.39, 0.29) is 11.5 Å². The highest BCUT2D eigenvalue weighted by atomic mass is 15.1. The second-order valence-corrected chi connectivity index (χ2v) is 5.21. The normalized spacial score (nSPS) is 13.6. The molecule has 2 rings (SSSR count). The lowest BCUT2D eigenvalue weighted by molar-refractivity contribution is 0.347. The fourth-order valence-corrected chi connectivity index (χ4v) is 2.50. The Hall–Kier alpha value is -1.61. The predicted octanol–water partition coefficient (Wildman–Crippen LogP) is 2.66. The highest BCUT2D eigenvalue weighted by molar-refractivity contribution is 5.27. The molecule has 3 heteroatoms. The number of nitrogens with zero attached hydrogens (tertiary/aromatic N) is 2. The van der Waals surface area contributed by atoms with E-state index >= 15 is 0 Å². The van der Waals surface area contributed by atoms with Crippen molar-refractivity contribution in [3.8, 4) is 0 Å². The molecule has 1 heterocycles. The van der Waals surface area contributed by atoms with Gasteiger partial charge < -0.3 is 9.88 Å². The smallest absolute Gasteiger partial charge is 0.126 e. The molecule has 0 aliphatic carbocycles. The largest absolute Gasteiger partial charge is 0.337 e. The molecule has 1 unspecified atom stereocenters. The zero-order chi connectivity index (χ0) is 13.2. The fraction of sp³-hybridized carbons (Fsp3) is 0.400. The van der Waals surface area contributed by atoms with E-state index in [1.165, 1.54) is 5.56 Å². The minimum atomic E-state index is -0.0187. The summed E-state index contributed by atoms with van der Waals surface area (Å²) in [6.07, 6.45) is 3.83. The third-order valence-corrected chi connectivity index (χ3v) is 3.64. The van der Waals surface area contributed by atoms with Gasteiger partial charge in [-0.25, -0.2) is 4.98 Å². The van der Waals surface area contributed by atoms with Gasteiger partial charge in [-0.15, -0.1) is 0 Å². The average Bonchev–Trinajstić information content (AvgIpc) is 2.78. The fourth-order valence-electron chi connectivity index (χ4n) is 2.50. The van der Waals surface area contributed by atoms with Gasteiger partial charge in [0.1, 0.15) is 5.82 Å². The van der Waals surface area contributed by atoms with Gasteiger partial charge in [-0.05, 0) is 12.6 Å². The Balaban J connectivity index is 2.42. The quantitative estimate of drug-likeness (QED) is 0.894. The molecule has 0 saturated carbocycles. The highest BCUT2D eigenvalue weighted by Crippen LogP contribution is 2.35. The van der Waals surface area contributed by atoms with E-state index in [9.17, 15) is 0 Å². The number of hydrogen-bond acceptors (Lipinski definition) is 2. The van der Waals surface area contributed by atoms with Crippen molar-refractivity contribution >= 4 is 0 Å². The van der Waals surface area contributed by atoms with Gasteiger partial charge in [0.2, 0.25) is 0 Å². The van der Waals surface area contributed by atoms with Gasteiger partial charge in [-0.3, -0.25) is 0 Å². The van der Waals surface area contributed by atoms with Crippen molar-refractivity contribution < 1.29 is 0 Å². The Morgan fingerprint density at radius 1 is 1.22 bits per heavy atom. The van der Waals surface area contributed by atoms with Crippen LogP contribution in [0.4, 0.5) is 0 Å². The molecule has 0 fully saturated rings. The summed E-state index contributed by atoms with van der Waals surface area (Å²) >= 11 is 0. The van der Waals surface area contributed by atoms with Crippen molar-refractivity contribution in [1.82, 2.24) is 14.9 Å². The van der Waals surface area contributed by atoms with Crippen molar-refractivity contribution in [2.24, 2.45) is 7.05 Å². The average molecular weight is 243 g/mol. The molecule has 0 spiro atoms. The number of rotatable bonds is 4. The summed E-state index contributed by atoms with van der Waals surface area (Å²) < 4.78 is 2.08. The maximum Gasteiger partial charge on any atom is 0.126 e. The molecule has 1 aromatic carbocycles. The maximum atomic E-state index is 4.48. The second-order valence-electron chi connectivity index (χ2n) is 5.21. The van der Waals surface area contributed by atoms with Crippen molar-refractivity contribution in [3.63, 3.8) is 0 Å². The van der Waals surface area contributed by atoms with E-state index in [0.29, 0.717) is 0 Å². The number of likely N-dealkylation sites (N-methyl/N-ethyl adjacent to an activating group) is 1. The minimum Gasteiger partial charge on any atom is -0.337 e. The molecule has 0 radical (unpaired) electrons. The van der Waals surface area contributed by atoms with Crippen LogP contribution in [0, 0.1) is 0 Å². The molecule has 1 atom stereocenters. The Morgan fingerprint density at radius 2 is 1.89 bits per heavy atom. The van der Waals surface area contributed by atoms with E-state index in [2.05, 4.69) is 59.0 Å². The summed E-state index contributed by atoms with van der Waals surface area (Å²) in [6.45, 7) is 4.50. The van der Waals surface area contributed by atoms with Crippen LogP contribution in [0.15, 0.2) is 42.7 Å². The van der Waals surface area contributed by atoms with Crippen LogP contribution in [0.1, 0.15) is 31.3 Å². The number of benzene rings is 1. The zero-order valence-electron chi connectivity index (χ0n) is 11.5. The second kappa shape index (κ2) is 4.94. The van der Waals surface area contributed by atoms with Crippen LogP contribution in [-0.2, 0) is 12.5 Å². The molecule has 0 saturated heterocycles. The number of aryl methyl sites for hydroxylation is 1. The monoisotopic (exact) mass is 243 g/mol. The van der Waals surface area contributed by atoms with Crippen molar-refractivity contribution in [2.45, 2.75) is 25.3 Å². The van der Waals surface area contributed by atoms with E-state index in [0.717, 1.165) is 5.82 Å². The molecular formula is C15H21N3. The topological polar surface area (TPSA) is 29.9 Å². The molecule has 0 bridgehead atoms. The number of hydrogen-bond donors (Lipinski definition) is 1. The molecule has 0 amide bonds. The lowest BCUT2D eigenvalue weighted by atomic mass is 9.77. The zero-order valence-corrected chi connectivity index (χ0v) is 11.5. The first-order chi connectivity index (χ1) is 8.57. The first kappa shape index (κ1) is 12.8. The van der Waals surface area contributed by atoms with Gasteiger partial charge in [0, 0.05) is 24.9 Å². The summed E-state index contributed by atoms with van der Waals surface area (Å²) in [4.78, 5) is 4.48. The van der Waals surface area contributed by atoms with Crippen LogP contribution in [0.2, 0.25) is 0 Å². The summed E-state index contributed by atoms with van der Waals surface area (Å²) in [5.74, 6) is 1.06. The molecule has 1 N–H and O–H groups in total. The van der Waals surface area contributed by atoms with Crippen LogP contribution < -0.4 is 5.32 Å². The number of aromatic nitrogens is 2. The third-order valence-electron chi connectivity index (χ3n) is 3.64. The Morgan fingerprint density at radius 3 is 2.39 bits per heavy atom. The molecule has 0 aliphatic rings. The minimum absolute atomic E-state index is 0.0187. The lowest BCUT2D eigenvalue weighted by Crippen LogP contribution is -2.37. The van der Waals surface area contributed by atoms with E-state index in [1.807, 2.05) is 26.5 Å². The molecule has 0 aliphatic heterocycles. The van der Waals surface area contributed by atoms with Gasteiger partial charge in [0.25, 0.3) is 0 Å². The molecular weight excluding hydrogens is 222 g/mol. The number of imidazole rings is 1. The Bertz CT molecular complexity index is 499. The van der Waals surface area contributed by atoms with E-state index in [4.69, 9.17) is 0 Å². The van der Waals surface area contributed by atoms with Crippen LogP contribution >= 0.6 is 0 Å². The van der Waals surface area contributed by atoms with Crippen LogP contribution in [0.3, 0.4) is 0 Å². The molecule has 96 valence electrons. The summed E-state index contributed by atoms with van der Waals surface area (Å²) in [5.41, 5.74) is 1.29. The van der Waals surface area contributed by atoms with Crippen LogP contribution in [-0.4, -0.2) is 16.6 Å².